The predicted octanol–water partition coefficient (Wildman–Crippen LogP) is 3.68. The number of benzene rings is 2. The SMILES string of the molecule is N#Cc1c(N)n(-c2ccc(Cl)cc2)c2nc3ccccc3nc12. The van der Waals surface area contributed by atoms with E-state index in [1.807, 2.05) is 36.4 Å². The zero-order valence-electron chi connectivity index (χ0n) is 11.9. The standard InChI is InChI=1S/C17H10ClN5/c18-10-5-7-11(8-6-10)23-16(20)12(9-19)15-17(23)22-14-4-2-1-3-13(14)21-15/h1-8H,20H2. The first-order valence-corrected chi connectivity index (χ1v) is 7.29. The number of anilines is 1. The number of hydrogen-bond acceptors (Lipinski definition) is 4. The van der Waals surface area contributed by atoms with Gasteiger partial charge in [0.1, 0.15) is 23.0 Å². The average Bonchev–Trinajstić information content (AvgIpc) is 2.84. The fourth-order valence-corrected chi connectivity index (χ4v) is 2.75. The summed E-state index contributed by atoms with van der Waals surface area (Å²) in [7, 11) is 0. The van der Waals surface area contributed by atoms with Crippen LogP contribution in [-0.2, 0) is 0 Å². The summed E-state index contributed by atoms with van der Waals surface area (Å²) in [5, 5.41) is 10.1. The van der Waals surface area contributed by atoms with E-state index >= 15 is 0 Å². The third kappa shape index (κ3) is 2.00. The molecule has 0 fully saturated rings. The van der Waals surface area contributed by atoms with Crippen molar-refractivity contribution in [1.82, 2.24) is 14.5 Å². The lowest BCUT2D eigenvalue weighted by atomic mass is 10.2. The minimum absolute atomic E-state index is 0.320. The van der Waals surface area contributed by atoms with E-state index in [1.165, 1.54) is 0 Å². The van der Waals surface area contributed by atoms with Gasteiger partial charge in [-0.1, -0.05) is 23.7 Å². The van der Waals surface area contributed by atoms with Gasteiger partial charge in [-0.2, -0.15) is 5.26 Å². The van der Waals surface area contributed by atoms with E-state index in [2.05, 4.69) is 16.0 Å². The number of nitriles is 1. The van der Waals surface area contributed by atoms with Crippen LogP contribution in [0.25, 0.3) is 27.9 Å². The molecule has 2 aromatic carbocycles. The number of hydrogen-bond donors (Lipinski definition) is 1. The molecule has 0 amide bonds. The first kappa shape index (κ1) is 13.6. The van der Waals surface area contributed by atoms with E-state index in [0.717, 1.165) is 16.7 Å². The Bertz CT molecular complexity index is 1090. The minimum atomic E-state index is 0.320. The van der Waals surface area contributed by atoms with Crippen LogP contribution in [0.1, 0.15) is 5.56 Å². The molecule has 23 heavy (non-hydrogen) atoms. The highest BCUT2D eigenvalue weighted by Crippen LogP contribution is 2.30. The second-order valence-electron chi connectivity index (χ2n) is 5.07. The summed E-state index contributed by atoms with van der Waals surface area (Å²) in [6.07, 6.45) is 0. The first-order chi connectivity index (χ1) is 11.2. The molecule has 0 atom stereocenters. The lowest BCUT2D eigenvalue weighted by molar-refractivity contribution is 1.11. The lowest BCUT2D eigenvalue weighted by Crippen LogP contribution is -2.01. The van der Waals surface area contributed by atoms with Crippen molar-refractivity contribution in [1.29, 1.82) is 5.26 Å². The fourth-order valence-electron chi connectivity index (χ4n) is 2.62. The van der Waals surface area contributed by atoms with Crippen molar-refractivity contribution in [2.45, 2.75) is 0 Å². The maximum atomic E-state index is 9.46. The third-order valence-electron chi connectivity index (χ3n) is 3.69. The first-order valence-electron chi connectivity index (χ1n) is 6.92. The molecular weight excluding hydrogens is 310 g/mol. The van der Waals surface area contributed by atoms with E-state index in [0.29, 0.717) is 27.6 Å². The third-order valence-corrected chi connectivity index (χ3v) is 3.95. The largest absolute Gasteiger partial charge is 0.384 e. The van der Waals surface area contributed by atoms with Crippen LogP contribution >= 0.6 is 11.6 Å². The number of nitrogen functional groups attached to an aromatic ring is 1. The molecule has 4 rings (SSSR count). The van der Waals surface area contributed by atoms with Gasteiger partial charge in [0.15, 0.2) is 5.65 Å². The molecule has 5 nitrogen and oxygen atoms in total. The van der Waals surface area contributed by atoms with Gasteiger partial charge < -0.3 is 5.73 Å². The summed E-state index contributed by atoms with van der Waals surface area (Å²) in [5.74, 6) is 0.320. The summed E-state index contributed by atoms with van der Waals surface area (Å²) in [4.78, 5) is 9.20. The van der Waals surface area contributed by atoms with Crippen LogP contribution in [0, 0.1) is 11.3 Å². The molecule has 110 valence electrons. The van der Waals surface area contributed by atoms with Gasteiger partial charge >= 0.3 is 0 Å². The molecule has 0 aliphatic rings. The Labute approximate surface area is 136 Å². The molecule has 6 heteroatoms. The van der Waals surface area contributed by atoms with Crippen molar-refractivity contribution < 1.29 is 0 Å². The molecular formula is C17H10ClN5. The average molecular weight is 320 g/mol. The molecule has 0 bridgehead atoms. The predicted molar refractivity (Wildman–Crippen MR) is 90.5 cm³/mol. The van der Waals surface area contributed by atoms with E-state index in [9.17, 15) is 5.26 Å². The van der Waals surface area contributed by atoms with Crippen LogP contribution in [0.2, 0.25) is 5.02 Å². The Morgan fingerprint density at radius 1 is 1.00 bits per heavy atom. The van der Waals surface area contributed by atoms with Crippen LogP contribution in [0.4, 0.5) is 5.82 Å². The van der Waals surface area contributed by atoms with Gasteiger partial charge in [0, 0.05) is 10.7 Å². The van der Waals surface area contributed by atoms with Gasteiger partial charge in [-0.25, -0.2) is 9.97 Å². The van der Waals surface area contributed by atoms with Crippen LogP contribution < -0.4 is 5.73 Å². The van der Waals surface area contributed by atoms with Crippen molar-refractivity contribution in [3.8, 4) is 11.8 Å². The number of nitrogens with zero attached hydrogens (tertiary/aromatic N) is 4. The molecule has 0 spiro atoms. The molecule has 0 radical (unpaired) electrons. The fraction of sp³-hybridized carbons (Fsp3) is 0. The number of para-hydroxylation sites is 2. The van der Waals surface area contributed by atoms with E-state index in [-0.39, 0.29) is 0 Å². The zero-order valence-corrected chi connectivity index (χ0v) is 12.6. The van der Waals surface area contributed by atoms with E-state index in [4.69, 9.17) is 17.3 Å². The highest BCUT2D eigenvalue weighted by molar-refractivity contribution is 6.30. The Balaban J connectivity index is 2.14. The maximum absolute atomic E-state index is 9.46. The van der Waals surface area contributed by atoms with Crippen molar-refractivity contribution in [3.05, 3.63) is 59.1 Å². The van der Waals surface area contributed by atoms with E-state index < -0.39 is 0 Å². The Kier molecular flexibility index (Phi) is 2.93. The van der Waals surface area contributed by atoms with Crippen LogP contribution in [0.15, 0.2) is 48.5 Å². The second kappa shape index (κ2) is 4.97. The minimum Gasteiger partial charge on any atom is -0.384 e. The number of halogens is 1. The number of nitrogens with two attached hydrogens (primary N) is 1. The van der Waals surface area contributed by atoms with Crippen LogP contribution in [0.5, 0.6) is 0 Å². The molecule has 0 saturated heterocycles. The highest BCUT2D eigenvalue weighted by Gasteiger charge is 2.19. The molecule has 2 aromatic heterocycles. The summed E-state index contributed by atoms with van der Waals surface area (Å²) >= 11 is 5.95. The summed E-state index contributed by atoms with van der Waals surface area (Å²) in [5.41, 5.74) is 9.82. The number of rotatable bonds is 1. The van der Waals surface area contributed by atoms with Crippen molar-refractivity contribution in [3.63, 3.8) is 0 Å². The molecule has 0 saturated carbocycles. The molecule has 0 aliphatic heterocycles. The quantitative estimate of drug-likeness (QED) is 0.580. The van der Waals surface area contributed by atoms with Crippen molar-refractivity contribution in [2.75, 3.05) is 5.73 Å². The molecule has 2 heterocycles. The van der Waals surface area contributed by atoms with Gasteiger partial charge in [0.05, 0.1) is 11.0 Å². The summed E-state index contributed by atoms with van der Waals surface area (Å²) in [6.45, 7) is 0. The molecule has 2 N–H and O–H groups in total. The highest BCUT2D eigenvalue weighted by atomic mass is 35.5. The van der Waals surface area contributed by atoms with E-state index in [1.54, 1.807) is 16.7 Å². The summed E-state index contributed by atoms with van der Waals surface area (Å²) in [6, 6.07) is 16.8. The van der Waals surface area contributed by atoms with Crippen LogP contribution in [0.3, 0.4) is 0 Å². The molecule has 0 aliphatic carbocycles. The monoisotopic (exact) mass is 319 g/mol. The topological polar surface area (TPSA) is 80.5 Å². The number of fused-ring (bicyclic) bond motifs is 2. The molecule has 0 unspecified atom stereocenters. The lowest BCUT2D eigenvalue weighted by Gasteiger charge is -2.07. The maximum Gasteiger partial charge on any atom is 0.167 e. The van der Waals surface area contributed by atoms with Crippen LogP contribution in [-0.4, -0.2) is 14.5 Å². The Morgan fingerprint density at radius 3 is 2.30 bits per heavy atom. The van der Waals surface area contributed by atoms with Gasteiger partial charge in [-0.3, -0.25) is 4.57 Å². The molecule has 4 aromatic rings. The summed E-state index contributed by atoms with van der Waals surface area (Å²) < 4.78 is 1.73. The zero-order chi connectivity index (χ0) is 16.0. The van der Waals surface area contributed by atoms with Gasteiger partial charge in [-0.15, -0.1) is 0 Å². The Hall–Kier alpha value is -3.10. The van der Waals surface area contributed by atoms with Gasteiger partial charge in [0.25, 0.3) is 0 Å². The smallest absolute Gasteiger partial charge is 0.167 e. The van der Waals surface area contributed by atoms with Crippen molar-refractivity contribution >= 4 is 39.6 Å². The Morgan fingerprint density at radius 2 is 1.65 bits per heavy atom. The number of aromatic nitrogens is 3. The van der Waals surface area contributed by atoms with Crippen molar-refractivity contribution in [2.24, 2.45) is 0 Å². The van der Waals surface area contributed by atoms with Gasteiger partial charge in [0.2, 0.25) is 0 Å². The van der Waals surface area contributed by atoms with Gasteiger partial charge in [-0.05, 0) is 36.4 Å². The normalized spacial score (nSPS) is 11.0. The second-order valence-corrected chi connectivity index (χ2v) is 5.50.